The van der Waals surface area contributed by atoms with Crippen molar-refractivity contribution in [2.75, 3.05) is 6.61 Å². The second-order valence-electron chi connectivity index (χ2n) is 21.4. The number of esters is 1. The Morgan fingerprint density at radius 3 is 1.22 bits per heavy atom. The molecule has 8 N–H and O–H groups in total. The lowest BCUT2D eigenvalue weighted by atomic mass is 9.95. The van der Waals surface area contributed by atoms with Gasteiger partial charge in [0.1, 0.15) is 17.9 Å². The van der Waals surface area contributed by atoms with E-state index in [-0.39, 0.29) is 72.6 Å². The summed E-state index contributed by atoms with van der Waals surface area (Å²) in [6, 6.07) is 59.2. The van der Waals surface area contributed by atoms with Gasteiger partial charge in [0.2, 0.25) is 11.7 Å². The third-order valence-electron chi connectivity index (χ3n) is 14.2. The summed E-state index contributed by atoms with van der Waals surface area (Å²) in [5.74, 6) is -6.44. The van der Waals surface area contributed by atoms with Crippen molar-refractivity contribution in [3.63, 3.8) is 0 Å². The number of carboxylic acids is 4. The average molecular weight is 1180 g/mol. The van der Waals surface area contributed by atoms with Crippen molar-refractivity contribution in [3.05, 3.63) is 228 Å². The number of ether oxygens (including phenoxy) is 1. The summed E-state index contributed by atoms with van der Waals surface area (Å²) in [6.07, 6.45) is 2.37. The number of aliphatic carboxylic acids is 3. The summed E-state index contributed by atoms with van der Waals surface area (Å²) >= 11 is 0. The minimum absolute atomic E-state index is 0.00588. The van der Waals surface area contributed by atoms with Crippen LogP contribution in [0.25, 0.3) is 33.4 Å². The van der Waals surface area contributed by atoms with Crippen LogP contribution in [0.3, 0.4) is 0 Å². The van der Waals surface area contributed by atoms with Gasteiger partial charge in [0.15, 0.2) is 5.76 Å². The van der Waals surface area contributed by atoms with E-state index in [4.69, 9.17) is 29.5 Å². The van der Waals surface area contributed by atoms with Crippen LogP contribution in [0.15, 0.2) is 197 Å². The van der Waals surface area contributed by atoms with Gasteiger partial charge in [0.05, 0.1) is 30.8 Å². The average Bonchev–Trinajstić information content (AvgIpc) is 4.00. The van der Waals surface area contributed by atoms with E-state index in [0.29, 0.717) is 25.9 Å². The molecule has 0 spiro atoms. The van der Waals surface area contributed by atoms with Crippen molar-refractivity contribution in [2.24, 2.45) is 23.5 Å². The number of hydrogen-bond acceptors (Lipinski definition) is 11. The SMILES string of the molecule is CCOC(=O)[C@H](C)C[C@H](N)Cc1ccc(-c2ccccc2)cc1.C[C@H](C[C@@H](Cc1ccc(-c2ccccc2)cc1)NC(=O)Cc1ccc(C(=O)O)o1)C(=O)O.C[C@H](C[C@@H](Cc1ccc(-c2ccccc2)cc1)NC(=O)c1ccc(CC(=O)O)o1)C(=O)O. The molecule has 0 aliphatic rings. The van der Waals surface area contributed by atoms with E-state index in [2.05, 4.69) is 47.0 Å². The lowest BCUT2D eigenvalue weighted by molar-refractivity contribution is -0.148. The van der Waals surface area contributed by atoms with Crippen LogP contribution in [0.2, 0.25) is 0 Å². The van der Waals surface area contributed by atoms with E-state index in [1.54, 1.807) is 13.8 Å². The van der Waals surface area contributed by atoms with E-state index >= 15 is 0 Å². The highest BCUT2D eigenvalue weighted by Gasteiger charge is 2.25. The minimum atomic E-state index is -1.20. The molecule has 0 saturated heterocycles. The molecule has 6 aromatic carbocycles. The number of benzene rings is 6. The molecule has 0 aliphatic heterocycles. The molecule has 8 rings (SSSR count). The summed E-state index contributed by atoms with van der Waals surface area (Å²) in [4.78, 5) is 81.3. The van der Waals surface area contributed by atoms with Crippen molar-refractivity contribution >= 4 is 41.7 Å². The topological polar surface area (TPSA) is 286 Å². The number of amides is 2. The van der Waals surface area contributed by atoms with Gasteiger partial charge in [-0.3, -0.25) is 28.8 Å². The molecule has 17 nitrogen and oxygen atoms in total. The van der Waals surface area contributed by atoms with Crippen LogP contribution in [-0.4, -0.2) is 86.8 Å². The Hall–Kier alpha value is -9.87. The first-order valence-corrected chi connectivity index (χ1v) is 28.8. The van der Waals surface area contributed by atoms with Gasteiger partial charge in [-0.25, -0.2) is 4.79 Å². The number of hydrogen-bond donors (Lipinski definition) is 7. The molecule has 0 saturated carbocycles. The molecule has 454 valence electrons. The maximum absolute atomic E-state index is 12.6. The smallest absolute Gasteiger partial charge is 0.371 e. The second-order valence-corrected chi connectivity index (χ2v) is 21.4. The molecule has 0 fully saturated rings. The van der Waals surface area contributed by atoms with Gasteiger partial charge < -0.3 is 50.4 Å². The van der Waals surface area contributed by atoms with Crippen molar-refractivity contribution in [2.45, 2.75) is 97.2 Å². The fourth-order valence-corrected chi connectivity index (χ4v) is 9.65. The summed E-state index contributed by atoms with van der Waals surface area (Å²) in [5.41, 5.74) is 16.0. The Labute approximate surface area is 506 Å². The number of nitrogens with one attached hydrogen (secondary N) is 2. The number of carbonyl (C=O) groups excluding carboxylic acids is 3. The van der Waals surface area contributed by atoms with Crippen LogP contribution >= 0.6 is 0 Å². The third kappa shape index (κ3) is 22.2. The fourth-order valence-electron chi connectivity index (χ4n) is 9.65. The van der Waals surface area contributed by atoms with Crippen LogP contribution < -0.4 is 16.4 Å². The molecule has 2 heterocycles. The molecule has 0 aliphatic carbocycles. The van der Waals surface area contributed by atoms with E-state index in [1.165, 1.54) is 41.0 Å². The standard InChI is InChI=1S/2C25H25NO6.C20H25NO2/c1-16(25(30)31)13-20(26-24(29)22-12-11-21(32-22)15-23(27)28)14-17-7-9-19(10-8-17)18-5-3-2-4-6-18;1-16(24(28)29)13-20(26-23(27)15-21-11-12-22(32-21)25(30)31)14-17-7-9-19(10-8-17)18-5-3-2-4-6-18;1-3-23-20(22)15(2)13-19(21)14-16-9-11-18(12-10-16)17-7-5-4-6-8-17/h2-12,16,20H,13-15H2,1H3,(H,26,29)(H,27,28)(H,30,31);2-12,16,20H,13-15H2,1H3,(H,26,27)(H,28,29)(H,30,31);4-12,15,19H,3,13-14,21H2,1-2H3/t2*16-,20+;15-,19+/m111/s1. The van der Waals surface area contributed by atoms with Crippen LogP contribution in [-0.2, 0) is 60.8 Å². The first-order valence-electron chi connectivity index (χ1n) is 28.8. The Bertz CT molecular complexity index is 3470. The monoisotopic (exact) mass is 1180 g/mol. The molecule has 8 aromatic rings. The lowest BCUT2D eigenvalue weighted by Crippen LogP contribution is -2.39. The van der Waals surface area contributed by atoms with Crippen LogP contribution in [0, 0.1) is 17.8 Å². The van der Waals surface area contributed by atoms with Crippen molar-refractivity contribution in [1.82, 2.24) is 10.6 Å². The van der Waals surface area contributed by atoms with Gasteiger partial charge in [-0.05, 0) is 120 Å². The highest BCUT2D eigenvalue weighted by Crippen LogP contribution is 2.25. The Morgan fingerprint density at radius 1 is 0.448 bits per heavy atom. The Morgan fingerprint density at radius 2 is 0.828 bits per heavy atom. The third-order valence-corrected chi connectivity index (χ3v) is 14.2. The van der Waals surface area contributed by atoms with Crippen LogP contribution in [0.4, 0.5) is 0 Å². The molecule has 0 radical (unpaired) electrons. The van der Waals surface area contributed by atoms with Gasteiger partial charge in [-0.1, -0.05) is 185 Å². The second kappa shape index (κ2) is 33.6. The fraction of sp³-hybridized carbons (Fsp3) is 0.271. The molecule has 0 bridgehead atoms. The molecule has 6 atom stereocenters. The Kier molecular flexibility index (Phi) is 25.6. The number of carboxylic acid groups (broad SMARTS) is 4. The molecule has 17 heteroatoms. The largest absolute Gasteiger partial charge is 0.481 e. The molecule has 2 amide bonds. The number of furan rings is 2. The van der Waals surface area contributed by atoms with E-state index in [9.17, 15) is 43.8 Å². The zero-order chi connectivity index (χ0) is 62.8. The van der Waals surface area contributed by atoms with E-state index in [1.807, 2.05) is 141 Å². The quantitative estimate of drug-likeness (QED) is 0.0236. The Balaban J connectivity index is 0.000000212. The predicted molar refractivity (Wildman–Crippen MR) is 331 cm³/mol. The number of aromatic carboxylic acids is 1. The zero-order valence-electron chi connectivity index (χ0n) is 49.2. The molecular weight excluding hydrogens is 1110 g/mol. The zero-order valence-corrected chi connectivity index (χ0v) is 49.2. The molecular formula is C70H75N3O14. The van der Waals surface area contributed by atoms with Gasteiger partial charge in [0, 0.05) is 18.1 Å². The highest BCUT2D eigenvalue weighted by molar-refractivity contribution is 5.92. The summed E-state index contributed by atoms with van der Waals surface area (Å²) in [5, 5.41) is 42.1. The van der Waals surface area contributed by atoms with Crippen molar-refractivity contribution in [3.8, 4) is 33.4 Å². The number of carbonyl (C=O) groups is 7. The van der Waals surface area contributed by atoms with E-state index in [0.717, 1.165) is 39.8 Å². The van der Waals surface area contributed by atoms with Gasteiger partial charge in [-0.2, -0.15) is 0 Å². The first kappa shape index (κ1) is 66.3. The predicted octanol–water partition coefficient (Wildman–Crippen LogP) is 11.9. The van der Waals surface area contributed by atoms with Crippen molar-refractivity contribution < 1.29 is 67.6 Å². The maximum Gasteiger partial charge on any atom is 0.371 e. The van der Waals surface area contributed by atoms with Gasteiger partial charge >= 0.3 is 29.8 Å². The highest BCUT2D eigenvalue weighted by atomic mass is 16.5. The molecule has 0 unspecified atom stereocenters. The normalized spacial score (nSPS) is 12.8. The van der Waals surface area contributed by atoms with Gasteiger partial charge in [-0.15, -0.1) is 0 Å². The van der Waals surface area contributed by atoms with E-state index < -0.39 is 53.7 Å². The number of nitrogens with two attached hydrogens (primary N) is 1. The van der Waals surface area contributed by atoms with Crippen LogP contribution in [0.5, 0.6) is 0 Å². The number of rotatable bonds is 27. The maximum atomic E-state index is 12.6. The summed E-state index contributed by atoms with van der Waals surface area (Å²) in [7, 11) is 0. The minimum Gasteiger partial charge on any atom is -0.481 e. The molecule has 87 heavy (non-hydrogen) atoms. The summed E-state index contributed by atoms with van der Waals surface area (Å²) in [6.45, 7) is 7.30. The summed E-state index contributed by atoms with van der Waals surface area (Å²) < 4.78 is 15.5. The van der Waals surface area contributed by atoms with Gasteiger partial charge in [0.25, 0.3) is 5.91 Å². The molecule has 2 aromatic heterocycles. The lowest BCUT2D eigenvalue weighted by Gasteiger charge is -2.21. The van der Waals surface area contributed by atoms with Crippen molar-refractivity contribution in [1.29, 1.82) is 0 Å². The van der Waals surface area contributed by atoms with Crippen LogP contribution in [0.1, 0.15) is 96.3 Å². The first-order chi connectivity index (χ1) is 41.7.